The molecule has 0 saturated heterocycles. The molecule has 84 valence electrons. The first kappa shape index (κ1) is 11.8. The van der Waals surface area contributed by atoms with Crippen LogP contribution in [0.4, 0.5) is 4.39 Å². The maximum absolute atomic E-state index is 13.1. The average Bonchev–Trinajstić information content (AvgIpc) is 2.47. The molecule has 0 bridgehead atoms. The van der Waals surface area contributed by atoms with Crippen LogP contribution < -0.4 is 0 Å². The van der Waals surface area contributed by atoms with Gasteiger partial charge in [0.25, 0.3) is 0 Å². The normalized spacial score (nSPS) is 10.8. The van der Waals surface area contributed by atoms with Gasteiger partial charge in [-0.1, -0.05) is 11.6 Å². The number of aromatic amines is 1. The average molecular weight is 322 g/mol. The first-order valence-corrected chi connectivity index (χ1v) is 6.00. The van der Waals surface area contributed by atoms with Crippen LogP contribution in [0.3, 0.4) is 0 Å². The summed E-state index contributed by atoms with van der Waals surface area (Å²) < 4.78 is 15.9. The Hall–Kier alpha value is -0.650. The minimum absolute atomic E-state index is 0.311. The lowest BCUT2D eigenvalue weighted by atomic mass is 10.3. The highest BCUT2D eigenvalue weighted by Crippen LogP contribution is 2.31. The number of hydrogen-bond acceptors (Lipinski definition) is 1. The van der Waals surface area contributed by atoms with Gasteiger partial charge in [-0.15, -0.1) is 0 Å². The van der Waals surface area contributed by atoms with Crippen molar-refractivity contribution in [2.24, 2.45) is 0 Å². The molecule has 16 heavy (non-hydrogen) atoms. The molecule has 0 radical (unpaired) electrons. The van der Waals surface area contributed by atoms with Gasteiger partial charge >= 0.3 is 0 Å². The van der Waals surface area contributed by atoms with E-state index < -0.39 is 0 Å². The third kappa shape index (κ3) is 1.95. The van der Waals surface area contributed by atoms with Crippen LogP contribution in [0.2, 0.25) is 5.02 Å². The Morgan fingerprint density at radius 1 is 1.50 bits per heavy atom. The molecule has 0 spiro atoms. The molecule has 0 aliphatic rings. The number of benzene rings is 1. The van der Waals surface area contributed by atoms with E-state index in [9.17, 15) is 4.39 Å². The summed E-state index contributed by atoms with van der Waals surface area (Å²) in [7, 11) is 0. The highest BCUT2D eigenvalue weighted by atomic mass is 79.9. The molecule has 0 fully saturated rings. The van der Waals surface area contributed by atoms with Crippen LogP contribution >= 0.6 is 39.7 Å². The lowest BCUT2D eigenvalue weighted by Gasteiger charge is -2.10. The van der Waals surface area contributed by atoms with Gasteiger partial charge in [-0.05, 0) is 47.2 Å². The third-order valence-electron chi connectivity index (χ3n) is 2.17. The second kappa shape index (κ2) is 4.31. The quantitative estimate of drug-likeness (QED) is 0.772. The van der Waals surface area contributed by atoms with Gasteiger partial charge in [0.1, 0.15) is 5.82 Å². The van der Waals surface area contributed by atoms with Crippen LogP contribution in [0.5, 0.6) is 0 Å². The van der Waals surface area contributed by atoms with E-state index in [0.29, 0.717) is 20.0 Å². The largest absolute Gasteiger partial charge is 0.337 e. The van der Waals surface area contributed by atoms with Crippen LogP contribution in [-0.4, -0.2) is 9.55 Å². The molecule has 0 aliphatic heterocycles. The molecule has 0 unspecified atom stereocenters. The van der Waals surface area contributed by atoms with E-state index in [-0.39, 0.29) is 5.82 Å². The van der Waals surface area contributed by atoms with Crippen LogP contribution in [0.25, 0.3) is 5.69 Å². The SMILES string of the molecule is Cc1c[nH]c(=S)n1-c1c(Cl)cc(F)cc1Br. The van der Waals surface area contributed by atoms with Crippen LogP contribution in [0, 0.1) is 17.5 Å². The summed E-state index contributed by atoms with van der Waals surface area (Å²) >= 11 is 14.4. The van der Waals surface area contributed by atoms with E-state index in [2.05, 4.69) is 20.9 Å². The molecule has 0 saturated carbocycles. The highest BCUT2D eigenvalue weighted by molar-refractivity contribution is 9.10. The van der Waals surface area contributed by atoms with E-state index in [0.717, 1.165) is 5.69 Å². The zero-order valence-electron chi connectivity index (χ0n) is 8.22. The molecular formula is C10H7BrClFN2S. The van der Waals surface area contributed by atoms with Crippen molar-refractivity contribution in [2.45, 2.75) is 6.92 Å². The summed E-state index contributed by atoms with van der Waals surface area (Å²) in [5.74, 6) is -0.389. The van der Waals surface area contributed by atoms with Crippen molar-refractivity contribution in [3.8, 4) is 5.69 Å². The molecule has 2 rings (SSSR count). The van der Waals surface area contributed by atoms with Gasteiger partial charge in [-0.3, -0.25) is 4.57 Å². The number of rotatable bonds is 1. The van der Waals surface area contributed by atoms with Gasteiger partial charge in [-0.2, -0.15) is 0 Å². The molecule has 6 heteroatoms. The molecule has 1 aromatic carbocycles. The summed E-state index contributed by atoms with van der Waals surface area (Å²) in [6.07, 6.45) is 1.77. The molecular weight excluding hydrogens is 315 g/mol. The van der Waals surface area contributed by atoms with Crippen molar-refractivity contribution in [3.05, 3.63) is 44.1 Å². The summed E-state index contributed by atoms with van der Waals surface area (Å²) in [5, 5.41) is 0.311. The number of nitrogens with one attached hydrogen (secondary N) is 1. The summed E-state index contributed by atoms with van der Waals surface area (Å²) in [4.78, 5) is 2.91. The van der Waals surface area contributed by atoms with Gasteiger partial charge in [0, 0.05) is 16.4 Å². The van der Waals surface area contributed by atoms with Crippen molar-refractivity contribution < 1.29 is 4.39 Å². The van der Waals surface area contributed by atoms with Gasteiger partial charge < -0.3 is 4.98 Å². The Balaban J connectivity index is 2.79. The van der Waals surface area contributed by atoms with Crippen LogP contribution in [-0.2, 0) is 0 Å². The predicted molar refractivity (Wildman–Crippen MR) is 68.4 cm³/mol. The maximum atomic E-state index is 13.1. The lowest BCUT2D eigenvalue weighted by Crippen LogP contribution is -1.99. The molecule has 0 aliphatic carbocycles. The zero-order valence-corrected chi connectivity index (χ0v) is 11.4. The van der Waals surface area contributed by atoms with Crippen molar-refractivity contribution in [1.29, 1.82) is 0 Å². The second-order valence-electron chi connectivity index (χ2n) is 3.29. The molecule has 0 atom stereocenters. The Morgan fingerprint density at radius 3 is 2.69 bits per heavy atom. The third-order valence-corrected chi connectivity index (χ3v) is 3.36. The summed E-state index contributed by atoms with van der Waals surface area (Å²) in [6.45, 7) is 1.89. The minimum Gasteiger partial charge on any atom is -0.337 e. The summed E-state index contributed by atoms with van der Waals surface area (Å²) in [6, 6.07) is 2.62. The van der Waals surface area contributed by atoms with Crippen molar-refractivity contribution in [2.75, 3.05) is 0 Å². The fraction of sp³-hybridized carbons (Fsp3) is 0.100. The van der Waals surface area contributed by atoms with Crippen molar-refractivity contribution >= 4 is 39.7 Å². The van der Waals surface area contributed by atoms with Gasteiger partial charge in [0.05, 0.1) is 10.7 Å². The van der Waals surface area contributed by atoms with E-state index in [1.807, 2.05) is 6.92 Å². The Bertz CT molecular complexity index is 582. The molecule has 2 nitrogen and oxygen atoms in total. The van der Waals surface area contributed by atoms with Crippen molar-refractivity contribution in [3.63, 3.8) is 0 Å². The topological polar surface area (TPSA) is 20.7 Å². The predicted octanol–water partition coefficient (Wildman–Crippen LogP) is 4.40. The van der Waals surface area contributed by atoms with Crippen LogP contribution in [0.1, 0.15) is 5.69 Å². The zero-order chi connectivity index (χ0) is 11.9. The van der Waals surface area contributed by atoms with E-state index >= 15 is 0 Å². The lowest BCUT2D eigenvalue weighted by molar-refractivity contribution is 0.626. The number of aromatic nitrogens is 2. The number of aryl methyl sites for hydroxylation is 1. The Kier molecular flexibility index (Phi) is 3.19. The second-order valence-corrected chi connectivity index (χ2v) is 4.94. The van der Waals surface area contributed by atoms with E-state index in [1.54, 1.807) is 10.8 Å². The number of imidazole rings is 1. The molecule has 1 heterocycles. The van der Waals surface area contributed by atoms with E-state index in [4.69, 9.17) is 23.8 Å². The van der Waals surface area contributed by atoms with Gasteiger partial charge in [-0.25, -0.2) is 4.39 Å². The Morgan fingerprint density at radius 2 is 2.19 bits per heavy atom. The fourth-order valence-electron chi connectivity index (χ4n) is 1.48. The van der Waals surface area contributed by atoms with Gasteiger partial charge in [0.2, 0.25) is 0 Å². The van der Waals surface area contributed by atoms with E-state index in [1.165, 1.54) is 12.1 Å². The number of nitrogens with zero attached hydrogens (tertiary/aromatic N) is 1. The first-order valence-electron chi connectivity index (χ1n) is 4.42. The van der Waals surface area contributed by atoms with Crippen molar-refractivity contribution in [1.82, 2.24) is 9.55 Å². The molecule has 1 N–H and O–H groups in total. The molecule has 2 aromatic rings. The standard InChI is InChI=1S/C10H7BrClFN2S/c1-5-4-14-10(16)15(5)9-7(11)2-6(13)3-8(9)12/h2-4H,1H3,(H,14,16). The summed E-state index contributed by atoms with van der Waals surface area (Å²) in [5.41, 5.74) is 1.55. The fourth-order valence-corrected chi connectivity index (χ4v) is 2.79. The monoisotopic (exact) mass is 320 g/mol. The first-order chi connectivity index (χ1) is 7.50. The number of hydrogen-bond donors (Lipinski definition) is 1. The van der Waals surface area contributed by atoms with Crippen LogP contribution in [0.15, 0.2) is 22.8 Å². The smallest absolute Gasteiger partial charge is 0.182 e. The van der Waals surface area contributed by atoms with Gasteiger partial charge in [0.15, 0.2) is 4.77 Å². The number of H-pyrrole nitrogens is 1. The maximum Gasteiger partial charge on any atom is 0.182 e. The molecule has 1 aromatic heterocycles. The highest BCUT2D eigenvalue weighted by Gasteiger charge is 2.12. The number of halogens is 3. The Labute approximate surface area is 110 Å². The minimum atomic E-state index is -0.389. The molecule has 0 amide bonds.